The maximum absolute atomic E-state index is 9.47. The molecule has 6 heteroatoms. The van der Waals surface area contributed by atoms with Gasteiger partial charge >= 0.3 is 0 Å². The van der Waals surface area contributed by atoms with Crippen molar-refractivity contribution in [3.05, 3.63) is 52.2 Å². The van der Waals surface area contributed by atoms with Crippen LogP contribution in [0.1, 0.15) is 30.3 Å². The molecule has 1 atom stereocenters. The molecule has 0 saturated heterocycles. The molecular weight excluding hydrogens is 409 g/mol. The number of aliphatic imine (C=N–C) groups is 1. The summed E-state index contributed by atoms with van der Waals surface area (Å²) in [6.07, 6.45) is 0. The summed E-state index contributed by atoms with van der Waals surface area (Å²) < 4.78 is 0. The highest BCUT2D eigenvalue weighted by atomic mass is 127. The quantitative estimate of drug-likeness (QED) is 0.383. The summed E-state index contributed by atoms with van der Waals surface area (Å²) in [7, 11) is 0. The molecule has 0 amide bonds. The average molecular weight is 431 g/mol. The minimum absolute atomic E-state index is 0. The second-order valence-electron chi connectivity index (χ2n) is 4.75. The molecule has 22 heavy (non-hydrogen) atoms. The molecule has 0 fully saturated rings. The molecule has 120 valence electrons. The Kier molecular flexibility index (Phi) is 8.26. The molecule has 0 spiro atoms. The lowest BCUT2D eigenvalue weighted by Crippen LogP contribution is -2.38. The van der Waals surface area contributed by atoms with Gasteiger partial charge < -0.3 is 15.7 Å². The van der Waals surface area contributed by atoms with E-state index in [-0.39, 0.29) is 35.8 Å². The van der Waals surface area contributed by atoms with Gasteiger partial charge in [0, 0.05) is 11.4 Å². The van der Waals surface area contributed by atoms with Crippen LogP contribution in [0.5, 0.6) is 5.75 Å². The fourth-order valence-electron chi connectivity index (χ4n) is 1.96. The van der Waals surface area contributed by atoms with Gasteiger partial charge in [0.05, 0.1) is 12.6 Å². The van der Waals surface area contributed by atoms with Gasteiger partial charge in [-0.15, -0.1) is 35.3 Å². The van der Waals surface area contributed by atoms with E-state index in [0.29, 0.717) is 6.54 Å². The van der Waals surface area contributed by atoms with E-state index in [9.17, 15) is 5.11 Å². The van der Waals surface area contributed by atoms with Crippen LogP contribution in [0.3, 0.4) is 0 Å². The first-order chi connectivity index (χ1) is 10.2. The lowest BCUT2D eigenvalue weighted by Gasteiger charge is -2.16. The molecule has 0 aliphatic rings. The number of hydrogen-bond acceptors (Lipinski definition) is 3. The van der Waals surface area contributed by atoms with Crippen molar-refractivity contribution >= 4 is 41.3 Å². The first-order valence-corrected chi connectivity index (χ1v) is 7.93. The van der Waals surface area contributed by atoms with Crippen LogP contribution in [0.2, 0.25) is 0 Å². The molecule has 1 unspecified atom stereocenters. The maximum Gasteiger partial charge on any atom is 0.192 e. The highest BCUT2D eigenvalue weighted by Crippen LogP contribution is 2.18. The van der Waals surface area contributed by atoms with E-state index in [1.807, 2.05) is 19.1 Å². The van der Waals surface area contributed by atoms with Crippen LogP contribution in [-0.4, -0.2) is 17.6 Å². The molecule has 0 bridgehead atoms. The van der Waals surface area contributed by atoms with E-state index < -0.39 is 0 Å². The molecule has 0 aliphatic heterocycles. The topological polar surface area (TPSA) is 56.7 Å². The van der Waals surface area contributed by atoms with Crippen LogP contribution < -0.4 is 10.6 Å². The number of guanidine groups is 1. The highest BCUT2D eigenvalue weighted by molar-refractivity contribution is 14.0. The Balaban J connectivity index is 0.00000242. The number of aromatic hydroxyl groups is 1. The number of halogens is 1. The Morgan fingerprint density at radius 1 is 1.32 bits per heavy atom. The largest absolute Gasteiger partial charge is 0.508 e. The Hall–Kier alpha value is -1.28. The summed E-state index contributed by atoms with van der Waals surface area (Å²) >= 11 is 1.73. The van der Waals surface area contributed by atoms with Crippen molar-refractivity contribution in [2.45, 2.75) is 26.4 Å². The van der Waals surface area contributed by atoms with E-state index in [2.05, 4.69) is 40.1 Å². The van der Waals surface area contributed by atoms with Crippen molar-refractivity contribution in [1.29, 1.82) is 0 Å². The fraction of sp³-hybridized carbons (Fsp3) is 0.312. The first kappa shape index (κ1) is 18.8. The molecule has 1 aromatic heterocycles. The van der Waals surface area contributed by atoms with Crippen LogP contribution in [0.15, 0.2) is 46.8 Å². The van der Waals surface area contributed by atoms with Gasteiger partial charge in [0.15, 0.2) is 5.96 Å². The fourth-order valence-corrected chi connectivity index (χ4v) is 2.69. The third-order valence-corrected chi connectivity index (χ3v) is 4.05. The van der Waals surface area contributed by atoms with Crippen molar-refractivity contribution in [1.82, 2.24) is 10.6 Å². The van der Waals surface area contributed by atoms with Gasteiger partial charge in [-0.3, -0.25) is 0 Å². The lowest BCUT2D eigenvalue weighted by atomic mass is 10.2. The second kappa shape index (κ2) is 9.68. The SMILES string of the molecule is CCNC(=NCc1cccc(O)c1)NC(C)c1cccs1.I. The van der Waals surface area contributed by atoms with Crippen molar-refractivity contribution in [2.75, 3.05) is 6.54 Å². The zero-order chi connectivity index (χ0) is 15.1. The molecular formula is C16H22IN3OS. The van der Waals surface area contributed by atoms with Crippen molar-refractivity contribution in [2.24, 2.45) is 4.99 Å². The van der Waals surface area contributed by atoms with Crippen LogP contribution in [0, 0.1) is 0 Å². The third-order valence-electron chi connectivity index (χ3n) is 3.00. The highest BCUT2D eigenvalue weighted by Gasteiger charge is 2.08. The lowest BCUT2D eigenvalue weighted by molar-refractivity contribution is 0.474. The zero-order valence-corrected chi connectivity index (χ0v) is 15.9. The number of phenols is 1. The van der Waals surface area contributed by atoms with Gasteiger partial charge in [-0.05, 0) is 43.0 Å². The minimum atomic E-state index is 0. The summed E-state index contributed by atoms with van der Waals surface area (Å²) in [5, 5.41) is 18.2. The summed E-state index contributed by atoms with van der Waals surface area (Å²) in [4.78, 5) is 5.84. The summed E-state index contributed by atoms with van der Waals surface area (Å²) in [5.41, 5.74) is 0.982. The van der Waals surface area contributed by atoms with Gasteiger partial charge in [-0.25, -0.2) is 4.99 Å². The molecule has 0 radical (unpaired) electrons. The Morgan fingerprint density at radius 3 is 2.77 bits per heavy atom. The van der Waals surface area contributed by atoms with Crippen LogP contribution in [-0.2, 0) is 6.54 Å². The molecule has 2 aromatic rings. The number of hydrogen-bond donors (Lipinski definition) is 3. The number of nitrogens with one attached hydrogen (secondary N) is 2. The van der Waals surface area contributed by atoms with Gasteiger partial charge in [0.25, 0.3) is 0 Å². The predicted molar refractivity (Wildman–Crippen MR) is 104 cm³/mol. The van der Waals surface area contributed by atoms with Crippen molar-refractivity contribution in [3.8, 4) is 5.75 Å². The van der Waals surface area contributed by atoms with Crippen LogP contribution >= 0.6 is 35.3 Å². The summed E-state index contributed by atoms with van der Waals surface area (Å²) in [6.45, 7) is 5.50. The minimum Gasteiger partial charge on any atom is -0.508 e. The van der Waals surface area contributed by atoms with Gasteiger partial charge in [-0.1, -0.05) is 18.2 Å². The Bertz CT molecular complexity index is 587. The monoisotopic (exact) mass is 431 g/mol. The zero-order valence-electron chi connectivity index (χ0n) is 12.7. The number of benzene rings is 1. The van der Waals surface area contributed by atoms with Crippen LogP contribution in [0.4, 0.5) is 0 Å². The van der Waals surface area contributed by atoms with Crippen molar-refractivity contribution < 1.29 is 5.11 Å². The molecule has 0 aliphatic carbocycles. The molecule has 2 rings (SSSR count). The standard InChI is InChI=1S/C16H21N3OS.HI/c1-3-17-16(19-12(2)15-8-5-9-21-15)18-11-13-6-4-7-14(20)10-13;/h4-10,12,20H,3,11H2,1-2H3,(H2,17,18,19);1H. The van der Waals surface area contributed by atoms with Gasteiger partial charge in [-0.2, -0.15) is 0 Å². The van der Waals surface area contributed by atoms with Crippen LogP contribution in [0.25, 0.3) is 0 Å². The molecule has 0 saturated carbocycles. The third kappa shape index (κ3) is 5.84. The van der Waals surface area contributed by atoms with Gasteiger partial charge in [0.2, 0.25) is 0 Å². The normalized spacial score (nSPS) is 12.4. The Labute approximate surface area is 152 Å². The van der Waals surface area contributed by atoms with E-state index in [0.717, 1.165) is 18.1 Å². The van der Waals surface area contributed by atoms with E-state index in [4.69, 9.17) is 0 Å². The first-order valence-electron chi connectivity index (χ1n) is 7.05. The number of phenolic OH excluding ortho intramolecular Hbond substituents is 1. The number of nitrogens with zero attached hydrogens (tertiary/aromatic N) is 1. The maximum atomic E-state index is 9.47. The summed E-state index contributed by atoms with van der Waals surface area (Å²) in [5.74, 6) is 1.05. The average Bonchev–Trinajstić information content (AvgIpc) is 2.99. The number of rotatable bonds is 5. The smallest absolute Gasteiger partial charge is 0.192 e. The molecule has 1 aromatic carbocycles. The predicted octanol–water partition coefficient (Wildman–Crippen LogP) is 3.89. The second-order valence-corrected chi connectivity index (χ2v) is 5.73. The molecule has 1 heterocycles. The van der Waals surface area contributed by atoms with Crippen molar-refractivity contribution in [3.63, 3.8) is 0 Å². The van der Waals surface area contributed by atoms with E-state index in [1.165, 1.54) is 4.88 Å². The Morgan fingerprint density at radius 2 is 2.14 bits per heavy atom. The summed E-state index contributed by atoms with van der Waals surface area (Å²) in [6, 6.07) is 11.6. The van der Waals surface area contributed by atoms with Gasteiger partial charge in [0.1, 0.15) is 5.75 Å². The molecule has 4 nitrogen and oxygen atoms in total. The number of thiophene rings is 1. The molecule has 3 N–H and O–H groups in total. The van der Waals surface area contributed by atoms with E-state index >= 15 is 0 Å². The van der Waals surface area contributed by atoms with E-state index in [1.54, 1.807) is 23.5 Å².